The van der Waals surface area contributed by atoms with Gasteiger partial charge >= 0.3 is 0 Å². The largest absolute Gasteiger partial charge is 0.382 e. The van der Waals surface area contributed by atoms with E-state index in [1.165, 1.54) is 29.4 Å². The van der Waals surface area contributed by atoms with Crippen molar-refractivity contribution in [3.05, 3.63) is 76.9 Å². The summed E-state index contributed by atoms with van der Waals surface area (Å²) in [6.07, 6.45) is 2.72. The zero-order valence-corrected chi connectivity index (χ0v) is 16.2. The SMILES string of the molecule is Nc1ncnc2c1N=C[N+]2(Cl)Cc1nc2ccccc2c(=O)n1-c1ccccc1F. The fourth-order valence-corrected chi connectivity index (χ4v) is 3.74. The molecule has 0 bridgehead atoms. The van der Waals surface area contributed by atoms with E-state index < -0.39 is 15.4 Å². The van der Waals surface area contributed by atoms with Gasteiger partial charge in [0.15, 0.2) is 35.7 Å². The molecule has 1 atom stereocenters. The van der Waals surface area contributed by atoms with Gasteiger partial charge in [0.1, 0.15) is 12.1 Å². The van der Waals surface area contributed by atoms with Gasteiger partial charge in [0.2, 0.25) is 6.34 Å². The second-order valence-electron chi connectivity index (χ2n) is 6.74. The van der Waals surface area contributed by atoms with Crippen LogP contribution in [0.25, 0.3) is 16.6 Å². The third-order valence-corrected chi connectivity index (χ3v) is 5.23. The van der Waals surface area contributed by atoms with E-state index in [0.717, 1.165) is 0 Å². The Morgan fingerprint density at radius 1 is 1.10 bits per heavy atom. The molecule has 1 aliphatic heterocycles. The number of para-hydroxylation sites is 2. The van der Waals surface area contributed by atoms with Crippen molar-refractivity contribution in [1.82, 2.24) is 23.5 Å². The maximum Gasteiger partial charge on any atom is 0.283 e. The molecule has 2 aromatic carbocycles. The molecule has 8 nitrogen and oxygen atoms in total. The Hall–Kier alpha value is -3.69. The van der Waals surface area contributed by atoms with Gasteiger partial charge in [-0.15, -0.1) is 4.00 Å². The average Bonchev–Trinajstić information content (AvgIpc) is 3.07. The van der Waals surface area contributed by atoms with E-state index in [4.69, 9.17) is 17.5 Å². The van der Waals surface area contributed by atoms with E-state index in [-0.39, 0.29) is 23.9 Å². The minimum absolute atomic E-state index is 0.0249. The number of quaternary nitrogens is 1. The van der Waals surface area contributed by atoms with Crippen LogP contribution in [0.5, 0.6) is 0 Å². The second-order valence-corrected chi connectivity index (χ2v) is 7.35. The number of aromatic nitrogens is 4. The van der Waals surface area contributed by atoms with Crippen LogP contribution in [-0.2, 0) is 6.54 Å². The first-order valence-electron chi connectivity index (χ1n) is 8.97. The molecule has 30 heavy (non-hydrogen) atoms. The maximum absolute atomic E-state index is 14.6. The van der Waals surface area contributed by atoms with Crippen molar-refractivity contribution in [1.29, 1.82) is 0 Å². The molecule has 10 heteroatoms. The number of nitrogen functional groups attached to an aromatic ring is 1. The first-order valence-corrected chi connectivity index (χ1v) is 9.31. The number of fused-ring (bicyclic) bond motifs is 2. The fraction of sp³-hybridized carbons (Fsp3) is 0.0500. The lowest BCUT2D eigenvalue weighted by atomic mass is 10.2. The van der Waals surface area contributed by atoms with Gasteiger partial charge in [-0.05, 0) is 24.3 Å². The van der Waals surface area contributed by atoms with Crippen LogP contribution >= 0.6 is 11.8 Å². The quantitative estimate of drug-likeness (QED) is 0.511. The molecule has 0 saturated heterocycles. The van der Waals surface area contributed by atoms with Crippen LogP contribution in [0.4, 0.5) is 21.7 Å². The highest BCUT2D eigenvalue weighted by molar-refractivity contribution is 6.30. The summed E-state index contributed by atoms with van der Waals surface area (Å²) in [7, 11) is 0. The normalized spacial score (nSPS) is 17.4. The summed E-state index contributed by atoms with van der Waals surface area (Å²) in [5.41, 5.74) is 6.39. The first-order chi connectivity index (χ1) is 14.5. The lowest BCUT2D eigenvalue weighted by Gasteiger charge is -2.21. The number of halogens is 2. The number of nitrogens with zero attached hydrogens (tertiary/aromatic N) is 6. The molecular weight excluding hydrogens is 409 g/mol. The smallest absolute Gasteiger partial charge is 0.283 e. The van der Waals surface area contributed by atoms with Crippen LogP contribution in [-0.4, -0.2) is 25.9 Å². The van der Waals surface area contributed by atoms with Crippen molar-refractivity contribution in [3.8, 4) is 5.69 Å². The van der Waals surface area contributed by atoms with Crippen LogP contribution in [0.2, 0.25) is 0 Å². The van der Waals surface area contributed by atoms with Gasteiger partial charge in [-0.2, -0.15) is 9.98 Å². The van der Waals surface area contributed by atoms with Gasteiger partial charge in [-0.1, -0.05) is 24.3 Å². The summed E-state index contributed by atoms with van der Waals surface area (Å²) in [4.78, 5) is 30.3. The third kappa shape index (κ3) is 2.75. The second kappa shape index (κ2) is 6.68. The molecule has 1 aliphatic rings. The van der Waals surface area contributed by atoms with Gasteiger partial charge in [0, 0.05) is 0 Å². The number of rotatable bonds is 3. The van der Waals surface area contributed by atoms with Crippen molar-refractivity contribution in [2.24, 2.45) is 4.99 Å². The maximum atomic E-state index is 14.6. The number of hydrogen-bond donors (Lipinski definition) is 1. The molecule has 0 radical (unpaired) electrons. The Balaban J connectivity index is 1.75. The highest BCUT2D eigenvalue weighted by Gasteiger charge is 2.41. The lowest BCUT2D eigenvalue weighted by molar-refractivity contribution is 0.575. The predicted octanol–water partition coefficient (Wildman–Crippen LogP) is 3.23. The fourth-order valence-electron chi connectivity index (χ4n) is 3.47. The van der Waals surface area contributed by atoms with E-state index in [9.17, 15) is 9.18 Å². The van der Waals surface area contributed by atoms with Crippen LogP contribution in [0.15, 0.2) is 64.6 Å². The monoisotopic (exact) mass is 422 g/mol. The van der Waals surface area contributed by atoms with Crippen molar-refractivity contribution >= 4 is 46.3 Å². The number of nitrogens with two attached hydrogens (primary N) is 1. The molecule has 0 fully saturated rings. The zero-order valence-electron chi connectivity index (χ0n) is 15.4. The van der Waals surface area contributed by atoms with Gasteiger partial charge in [0.05, 0.1) is 16.6 Å². The molecule has 0 spiro atoms. The summed E-state index contributed by atoms with van der Waals surface area (Å²) >= 11 is 6.80. The number of anilines is 1. The van der Waals surface area contributed by atoms with E-state index in [2.05, 4.69) is 19.9 Å². The molecule has 3 heterocycles. The van der Waals surface area contributed by atoms with Gasteiger partial charge in [0.25, 0.3) is 11.4 Å². The minimum atomic E-state index is -0.555. The molecule has 0 amide bonds. The van der Waals surface area contributed by atoms with Crippen molar-refractivity contribution in [3.63, 3.8) is 0 Å². The number of aliphatic imine (C=N–C) groups is 1. The molecule has 2 N–H and O–H groups in total. The molecular formula is C20H14ClFN7O+. The summed E-state index contributed by atoms with van der Waals surface area (Å²) in [6, 6.07) is 12.9. The molecule has 4 aromatic rings. The summed E-state index contributed by atoms with van der Waals surface area (Å²) < 4.78 is 15.5. The number of benzene rings is 2. The topological polar surface area (TPSA) is 99.1 Å². The van der Waals surface area contributed by atoms with Gasteiger partial charge in [-0.3, -0.25) is 9.36 Å². The molecule has 5 rings (SSSR count). The number of hydrogen-bond acceptors (Lipinski definition) is 6. The highest BCUT2D eigenvalue weighted by Crippen LogP contribution is 2.41. The predicted molar refractivity (Wildman–Crippen MR) is 113 cm³/mol. The first kappa shape index (κ1) is 18.3. The Labute approximate surface area is 174 Å². The Bertz CT molecular complexity index is 1400. The summed E-state index contributed by atoms with van der Waals surface area (Å²) in [6.45, 7) is -0.0249. The molecule has 148 valence electrons. The van der Waals surface area contributed by atoms with Crippen molar-refractivity contribution in [2.45, 2.75) is 6.54 Å². The van der Waals surface area contributed by atoms with Gasteiger partial charge in [-0.25, -0.2) is 14.4 Å². The zero-order chi connectivity index (χ0) is 20.9. The van der Waals surface area contributed by atoms with Crippen molar-refractivity contribution in [2.75, 3.05) is 5.73 Å². The van der Waals surface area contributed by atoms with Gasteiger partial charge < -0.3 is 5.73 Å². The Kier molecular flexibility index (Phi) is 4.09. The summed E-state index contributed by atoms with van der Waals surface area (Å²) in [5, 5.41) is 0.368. The van der Waals surface area contributed by atoms with Crippen LogP contribution in [0.1, 0.15) is 5.82 Å². The molecule has 1 unspecified atom stereocenters. The van der Waals surface area contributed by atoms with Crippen molar-refractivity contribution < 1.29 is 4.39 Å². The third-order valence-electron chi connectivity index (χ3n) is 4.86. The minimum Gasteiger partial charge on any atom is -0.382 e. The van der Waals surface area contributed by atoms with E-state index >= 15 is 0 Å². The van der Waals surface area contributed by atoms with E-state index in [1.54, 1.807) is 36.4 Å². The lowest BCUT2D eigenvalue weighted by Crippen LogP contribution is -2.38. The molecule has 2 aromatic heterocycles. The molecule has 0 saturated carbocycles. The standard InChI is InChI=1S/C20H14ClFN7O/c21-29(11-26-17-18(23)24-10-25-19(17)29)9-16-27-14-7-3-1-5-12(14)20(30)28(16)15-8-4-2-6-13(15)22/h1-8,10-11H,9H2,(H2,23,24,25)/q+1. The molecule has 0 aliphatic carbocycles. The van der Waals surface area contributed by atoms with E-state index in [1.807, 2.05) is 0 Å². The Morgan fingerprint density at radius 3 is 2.70 bits per heavy atom. The Morgan fingerprint density at radius 2 is 1.87 bits per heavy atom. The van der Waals surface area contributed by atoms with E-state index in [0.29, 0.717) is 22.4 Å². The summed E-state index contributed by atoms with van der Waals surface area (Å²) in [5.74, 6) is 0.234. The van der Waals surface area contributed by atoms with Crippen LogP contribution < -0.4 is 15.3 Å². The van der Waals surface area contributed by atoms with Crippen LogP contribution in [0, 0.1) is 5.82 Å². The highest BCUT2D eigenvalue weighted by atomic mass is 35.5. The average molecular weight is 423 g/mol. The van der Waals surface area contributed by atoms with Crippen LogP contribution in [0.3, 0.4) is 0 Å².